The maximum atomic E-state index is 10.9. The first-order valence-corrected chi connectivity index (χ1v) is 8.02. The second kappa shape index (κ2) is 6.47. The Kier molecular flexibility index (Phi) is 5.58. The average molecular weight is 260 g/mol. The predicted molar refractivity (Wildman–Crippen MR) is 71.6 cm³/mol. The van der Waals surface area contributed by atoms with Crippen LogP contribution < -0.4 is 5.32 Å². The molecule has 0 saturated carbocycles. The summed E-state index contributed by atoms with van der Waals surface area (Å²) in [5.74, 6) is 0.773. The van der Waals surface area contributed by atoms with Gasteiger partial charge in [0, 0.05) is 33.7 Å². The number of nitrogens with one attached hydrogen (secondary N) is 1. The maximum absolute atomic E-state index is 10.9. The molecule has 0 aromatic carbocycles. The van der Waals surface area contributed by atoms with Crippen LogP contribution in [0.5, 0.6) is 0 Å². The molecule has 1 rings (SSSR count). The van der Waals surface area contributed by atoms with Crippen LogP contribution in [-0.4, -0.2) is 27.7 Å². The lowest BCUT2D eigenvalue weighted by Crippen LogP contribution is -2.22. The summed E-state index contributed by atoms with van der Waals surface area (Å²) in [6.45, 7) is 7.18. The molecule has 16 heavy (non-hydrogen) atoms. The molecule has 0 amide bonds. The van der Waals surface area contributed by atoms with Crippen molar-refractivity contribution in [3.05, 3.63) is 15.6 Å². The summed E-state index contributed by atoms with van der Waals surface area (Å²) in [6.07, 6.45) is 2.70. The van der Waals surface area contributed by atoms with Gasteiger partial charge >= 0.3 is 0 Å². The van der Waals surface area contributed by atoms with E-state index in [9.17, 15) is 4.21 Å². The Morgan fingerprint density at radius 3 is 2.69 bits per heavy atom. The van der Waals surface area contributed by atoms with Gasteiger partial charge in [-0.1, -0.05) is 0 Å². The molecule has 1 aromatic rings. The van der Waals surface area contributed by atoms with E-state index >= 15 is 0 Å². The first kappa shape index (κ1) is 13.8. The quantitative estimate of drug-likeness (QED) is 0.797. The smallest absolute Gasteiger partial charge is 0.0900 e. The molecule has 0 aliphatic heterocycles. The molecular formula is C11H20N2OS2. The SMILES string of the molecule is Cc1nc(C(C)NCCCS(C)=O)c(C)s1. The molecule has 1 aromatic heterocycles. The summed E-state index contributed by atoms with van der Waals surface area (Å²) in [7, 11) is -0.679. The van der Waals surface area contributed by atoms with Crippen LogP contribution in [0.15, 0.2) is 0 Å². The molecule has 2 unspecified atom stereocenters. The summed E-state index contributed by atoms with van der Waals surface area (Å²) in [5.41, 5.74) is 1.15. The fraction of sp³-hybridized carbons (Fsp3) is 0.727. The molecular weight excluding hydrogens is 240 g/mol. The summed E-state index contributed by atoms with van der Waals surface area (Å²) in [4.78, 5) is 5.81. The highest BCUT2D eigenvalue weighted by molar-refractivity contribution is 7.84. The van der Waals surface area contributed by atoms with Crippen molar-refractivity contribution in [2.75, 3.05) is 18.6 Å². The van der Waals surface area contributed by atoms with Crippen molar-refractivity contribution in [2.45, 2.75) is 33.2 Å². The largest absolute Gasteiger partial charge is 0.309 e. The maximum Gasteiger partial charge on any atom is 0.0900 e. The number of thiazole rings is 1. The van der Waals surface area contributed by atoms with Crippen LogP contribution in [0.25, 0.3) is 0 Å². The van der Waals surface area contributed by atoms with Crippen LogP contribution in [0.1, 0.15) is 35.0 Å². The second-order valence-electron chi connectivity index (χ2n) is 3.98. The molecule has 0 bridgehead atoms. The minimum atomic E-state index is -0.679. The van der Waals surface area contributed by atoms with Crippen molar-refractivity contribution in [2.24, 2.45) is 0 Å². The molecule has 0 radical (unpaired) electrons. The number of hydrogen-bond donors (Lipinski definition) is 1. The van der Waals surface area contributed by atoms with Gasteiger partial charge in [0.2, 0.25) is 0 Å². The number of aryl methyl sites for hydroxylation is 2. The lowest BCUT2D eigenvalue weighted by molar-refractivity contribution is 0.558. The van der Waals surface area contributed by atoms with Gasteiger partial charge < -0.3 is 5.32 Å². The topological polar surface area (TPSA) is 42.0 Å². The van der Waals surface area contributed by atoms with Crippen molar-refractivity contribution >= 4 is 22.1 Å². The van der Waals surface area contributed by atoms with E-state index in [2.05, 4.69) is 24.1 Å². The zero-order valence-electron chi connectivity index (χ0n) is 10.4. The molecule has 1 N–H and O–H groups in total. The first-order chi connectivity index (χ1) is 7.50. The van der Waals surface area contributed by atoms with E-state index in [1.807, 2.05) is 6.92 Å². The third-order valence-corrected chi connectivity index (χ3v) is 4.17. The summed E-state index contributed by atoms with van der Waals surface area (Å²) in [5, 5.41) is 4.54. The van der Waals surface area contributed by atoms with Crippen LogP contribution in [-0.2, 0) is 10.8 Å². The Morgan fingerprint density at radius 1 is 1.50 bits per heavy atom. The standard InChI is InChI=1S/C11H20N2OS2/c1-8(12-6-5-7-16(4)14)11-9(2)15-10(3)13-11/h8,12H,5-7H2,1-4H3. The molecule has 5 heteroatoms. The van der Waals surface area contributed by atoms with Crippen molar-refractivity contribution in [1.29, 1.82) is 0 Å². The first-order valence-electron chi connectivity index (χ1n) is 5.48. The highest BCUT2D eigenvalue weighted by atomic mass is 32.2. The lowest BCUT2D eigenvalue weighted by Gasteiger charge is -2.12. The van der Waals surface area contributed by atoms with Crippen LogP contribution >= 0.6 is 11.3 Å². The normalized spacial score (nSPS) is 15.0. The van der Waals surface area contributed by atoms with Gasteiger partial charge in [0.15, 0.2) is 0 Å². The fourth-order valence-corrected chi connectivity index (χ4v) is 3.10. The number of hydrogen-bond acceptors (Lipinski definition) is 4. The zero-order valence-corrected chi connectivity index (χ0v) is 12.0. The van der Waals surface area contributed by atoms with Crippen molar-refractivity contribution in [3.8, 4) is 0 Å². The van der Waals surface area contributed by atoms with Crippen molar-refractivity contribution in [1.82, 2.24) is 10.3 Å². The minimum Gasteiger partial charge on any atom is -0.309 e. The predicted octanol–water partition coefficient (Wildman–Crippen LogP) is 2.18. The van der Waals surface area contributed by atoms with Gasteiger partial charge in [-0.3, -0.25) is 4.21 Å². The van der Waals surface area contributed by atoms with Gasteiger partial charge in [0.25, 0.3) is 0 Å². The van der Waals surface area contributed by atoms with Gasteiger partial charge in [-0.15, -0.1) is 11.3 Å². The number of nitrogens with zero attached hydrogens (tertiary/aromatic N) is 1. The molecule has 0 aliphatic rings. The van der Waals surface area contributed by atoms with E-state index in [0.29, 0.717) is 0 Å². The average Bonchev–Trinajstić information content (AvgIpc) is 2.52. The highest BCUT2D eigenvalue weighted by Crippen LogP contribution is 2.22. The van der Waals surface area contributed by atoms with Gasteiger partial charge in [0.1, 0.15) is 0 Å². The Hall–Kier alpha value is -0.260. The zero-order chi connectivity index (χ0) is 12.1. The minimum absolute atomic E-state index is 0.287. The van der Waals surface area contributed by atoms with E-state index in [1.54, 1.807) is 17.6 Å². The fourth-order valence-electron chi connectivity index (χ4n) is 1.64. The summed E-state index contributed by atoms with van der Waals surface area (Å²) >= 11 is 1.74. The second-order valence-corrected chi connectivity index (χ2v) is 6.94. The van der Waals surface area contributed by atoms with Gasteiger partial charge in [-0.2, -0.15) is 0 Å². The third kappa shape index (κ3) is 4.31. The van der Waals surface area contributed by atoms with Crippen molar-refractivity contribution < 1.29 is 4.21 Å². The van der Waals surface area contributed by atoms with Crippen LogP contribution in [0.4, 0.5) is 0 Å². The molecule has 1 heterocycles. The molecule has 0 fully saturated rings. The van der Waals surface area contributed by atoms with Crippen LogP contribution in [0.3, 0.4) is 0 Å². The molecule has 0 saturated heterocycles. The van der Waals surface area contributed by atoms with Crippen molar-refractivity contribution in [3.63, 3.8) is 0 Å². The highest BCUT2D eigenvalue weighted by Gasteiger charge is 2.11. The molecule has 0 aliphatic carbocycles. The molecule has 92 valence electrons. The van der Waals surface area contributed by atoms with Gasteiger partial charge in [-0.25, -0.2) is 4.98 Å². The van der Waals surface area contributed by atoms with E-state index in [0.717, 1.165) is 29.4 Å². The number of rotatable bonds is 6. The Balaban J connectivity index is 2.38. The van der Waals surface area contributed by atoms with E-state index in [4.69, 9.17) is 0 Å². The third-order valence-electron chi connectivity index (χ3n) is 2.41. The number of aromatic nitrogens is 1. The molecule has 2 atom stereocenters. The Morgan fingerprint density at radius 2 is 2.19 bits per heavy atom. The van der Waals surface area contributed by atoms with Gasteiger partial charge in [0.05, 0.1) is 10.7 Å². The van der Waals surface area contributed by atoms with Crippen LogP contribution in [0.2, 0.25) is 0 Å². The summed E-state index contributed by atoms with van der Waals surface area (Å²) < 4.78 is 10.9. The van der Waals surface area contributed by atoms with E-state index in [1.165, 1.54) is 4.88 Å². The van der Waals surface area contributed by atoms with Crippen LogP contribution in [0, 0.1) is 13.8 Å². The van der Waals surface area contributed by atoms with E-state index in [-0.39, 0.29) is 6.04 Å². The monoisotopic (exact) mass is 260 g/mol. The summed E-state index contributed by atoms with van der Waals surface area (Å²) in [6, 6.07) is 0.287. The Bertz CT molecular complexity index is 363. The molecule has 0 spiro atoms. The Labute approximate surface area is 104 Å². The van der Waals surface area contributed by atoms with E-state index < -0.39 is 10.8 Å². The van der Waals surface area contributed by atoms with Gasteiger partial charge in [-0.05, 0) is 33.7 Å². The molecule has 3 nitrogen and oxygen atoms in total. The lowest BCUT2D eigenvalue weighted by atomic mass is 10.2.